The number of hydrogen-bond acceptors (Lipinski definition) is 4. The Hall–Kier alpha value is -2.92. The van der Waals surface area contributed by atoms with E-state index in [4.69, 9.17) is 4.74 Å². The summed E-state index contributed by atoms with van der Waals surface area (Å²) >= 11 is 1.41. The first-order valence-electron chi connectivity index (χ1n) is 7.79. The average Bonchev–Trinajstić information content (AvgIpc) is 3.13. The minimum absolute atomic E-state index is 0.213. The second-order valence-corrected chi connectivity index (χ2v) is 6.42. The number of thiophene rings is 1. The molecule has 0 aliphatic rings. The first-order chi connectivity index (χ1) is 12.2. The summed E-state index contributed by atoms with van der Waals surface area (Å²) in [7, 11) is 1.62. The third kappa shape index (κ3) is 4.14. The van der Waals surface area contributed by atoms with E-state index in [0.717, 1.165) is 22.4 Å². The normalized spacial score (nSPS) is 10.8. The molecule has 0 aliphatic heterocycles. The number of amides is 1. The van der Waals surface area contributed by atoms with Crippen LogP contribution in [0.15, 0.2) is 65.1 Å². The van der Waals surface area contributed by atoms with Crippen molar-refractivity contribution >= 4 is 23.5 Å². The number of ether oxygens (including phenoxy) is 1. The highest BCUT2D eigenvalue weighted by atomic mass is 32.1. The van der Waals surface area contributed by atoms with Crippen molar-refractivity contribution in [3.8, 4) is 16.9 Å². The topological polar surface area (TPSA) is 50.7 Å². The molecule has 1 aromatic heterocycles. The van der Waals surface area contributed by atoms with Crippen LogP contribution in [0.25, 0.3) is 11.1 Å². The number of methoxy groups -OCH3 is 1. The molecule has 0 fully saturated rings. The van der Waals surface area contributed by atoms with Crippen molar-refractivity contribution in [2.24, 2.45) is 5.10 Å². The molecule has 3 rings (SSSR count). The fourth-order valence-corrected chi connectivity index (χ4v) is 3.16. The van der Waals surface area contributed by atoms with Crippen LogP contribution in [-0.2, 0) is 0 Å². The van der Waals surface area contributed by atoms with Crippen molar-refractivity contribution in [1.29, 1.82) is 0 Å². The summed E-state index contributed by atoms with van der Waals surface area (Å²) in [6.07, 6.45) is 1.61. The van der Waals surface area contributed by atoms with Crippen LogP contribution in [0.4, 0.5) is 0 Å². The fraction of sp³-hybridized carbons (Fsp3) is 0.100. The number of hydrogen-bond donors (Lipinski definition) is 1. The van der Waals surface area contributed by atoms with Gasteiger partial charge in [-0.3, -0.25) is 4.79 Å². The van der Waals surface area contributed by atoms with E-state index in [1.54, 1.807) is 13.3 Å². The Morgan fingerprint density at radius 2 is 1.80 bits per heavy atom. The van der Waals surface area contributed by atoms with E-state index in [-0.39, 0.29) is 5.91 Å². The van der Waals surface area contributed by atoms with Crippen LogP contribution < -0.4 is 10.2 Å². The van der Waals surface area contributed by atoms with Crippen molar-refractivity contribution < 1.29 is 9.53 Å². The molecule has 2 aromatic carbocycles. The molecule has 25 heavy (non-hydrogen) atoms. The van der Waals surface area contributed by atoms with Crippen LogP contribution in [-0.4, -0.2) is 19.2 Å². The number of hydrazone groups is 1. The van der Waals surface area contributed by atoms with Gasteiger partial charge in [-0.15, -0.1) is 11.3 Å². The molecule has 5 heteroatoms. The predicted octanol–water partition coefficient (Wildman–Crippen LogP) is 4.50. The smallest absolute Gasteiger partial charge is 0.282 e. The average molecular weight is 350 g/mol. The van der Waals surface area contributed by atoms with Crippen molar-refractivity contribution in [1.82, 2.24) is 5.43 Å². The molecule has 0 unspecified atom stereocenters. The molecule has 0 spiro atoms. The standard InChI is InChI=1S/C20H18N2O2S/c1-14-3-7-16(8-4-14)18-11-12-25-19(18)20(23)22-21-13-15-5-9-17(24-2)10-6-15/h3-13H,1-2H3,(H,22,23)/b21-13-. The van der Waals surface area contributed by atoms with Crippen LogP contribution in [0.1, 0.15) is 20.8 Å². The summed E-state index contributed by atoms with van der Waals surface area (Å²) in [5, 5.41) is 5.96. The Balaban J connectivity index is 1.70. The van der Waals surface area contributed by atoms with E-state index in [2.05, 4.69) is 10.5 Å². The van der Waals surface area contributed by atoms with Crippen molar-refractivity contribution in [2.75, 3.05) is 7.11 Å². The lowest BCUT2D eigenvalue weighted by atomic mass is 10.1. The van der Waals surface area contributed by atoms with E-state index in [1.165, 1.54) is 16.9 Å². The second kappa shape index (κ2) is 7.77. The molecule has 0 saturated heterocycles. The summed E-state index contributed by atoms with van der Waals surface area (Å²) in [5.41, 5.74) is 6.61. The lowest BCUT2D eigenvalue weighted by Gasteiger charge is -2.04. The zero-order chi connectivity index (χ0) is 17.6. The highest BCUT2D eigenvalue weighted by Gasteiger charge is 2.13. The van der Waals surface area contributed by atoms with Crippen molar-refractivity contribution in [2.45, 2.75) is 6.92 Å². The van der Waals surface area contributed by atoms with Gasteiger partial charge < -0.3 is 4.74 Å². The monoisotopic (exact) mass is 350 g/mol. The molecule has 0 aliphatic carbocycles. The number of nitrogens with one attached hydrogen (secondary N) is 1. The molecular weight excluding hydrogens is 332 g/mol. The minimum atomic E-state index is -0.213. The maximum absolute atomic E-state index is 12.4. The van der Waals surface area contributed by atoms with Gasteiger partial charge in [0.25, 0.3) is 5.91 Å². The zero-order valence-corrected chi connectivity index (χ0v) is 14.8. The van der Waals surface area contributed by atoms with Crippen LogP contribution in [0.3, 0.4) is 0 Å². The number of carbonyl (C=O) groups excluding carboxylic acids is 1. The van der Waals surface area contributed by atoms with Gasteiger partial charge in [0.15, 0.2) is 0 Å². The van der Waals surface area contributed by atoms with Crippen LogP contribution in [0.2, 0.25) is 0 Å². The number of carbonyl (C=O) groups is 1. The van der Waals surface area contributed by atoms with Crippen LogP contribution in [0.5, 0.6) is 5.75 Å². The third-order valence-corrected chi connectivity index (χ3v) is 4.64. The summed E-state index contributed by atoms with van der Waals surface area (Å²) < 4.78 is 5.11. The summed E-state index contributed by atoms with van der Waals surface area (Å²) in [4.78, 5) is 13.1. The van der Waals surface area contributed by atoms with E-state index in [0.29, 0.717) is 4.88 Å². The molecule has 3 aromatic rings. The molecule has 1 heterocycles. The first kappa shape index (κ1) is 16.9. The van der Waals surface area contributed by atoms with Crippen LogP contribution in [0, 0.1) is 6.92 Å². The number of rotatable bonds is 5. The van der Waals surface area contributed by atoms with Gasteiger partial charge >= 0.3 is 0 Å². The van der Waals surface area contributed by atoms with Gasteiger partial charge in [-0.2, -0.15) is 5.10 Å². The maximum atomic E-state index is 12.4. The Kier molecular flexibility index (Phi) is 5.26. The summed E-state index contributed by atoms with van der Waals surface area (Å²) in [6.45, 7) is 2.04. The Morgan fingerprint density at radius 1 is 1.08 bits per heavy atom. The highest BCUT2D eigenvalue weighted by Crippen LogP contribution is 2.28. The van der Waals surface area contributed by atoms with Gasteiger partial charge in [-0.1, -0.05) is 29.8 Å². The van der Waals surface area contributed by atoms with Gasteiger partial charge in [0.05, 0.1) is 13.3 Å². The summed E-state index contributed by atoms with van der Waals surface area (Å²) in [6, 6.07) is 17.5. The lowest BCUT2D eigenvalue weighted by molar-refractivity contribution is 0.0960. The zero-order valence-electron chi connectivity index (χ0n) is 14.0. The number of nitrogens with zero attached hydrogens (tertiary/aromatic N) is 1. The van der Waals surface area contributed by atoms with E-state index < -0.39 is 0 Å². The number of aryl methyl sites for hydroxylation is 1. The first-order valence-corrected chi connectivity index (χ1v) is 8.67. The molecule has 0 radical (unpaired) electrons. The summed E-state index contributed by atoms with van der Waals surface area (Å²) in [5.74, 6) is 0.567. The SMILES string of the molecule is COc1ccc(/C=N\NC(=O)c2sccc2-c2ccc(C)cc2)cc1. The van der Waals surface area contributed by atoms with Gasteiger partial charge in [0.2, 0.25) is 0 Å². The molecule has 0 atom stereocenters. The Bertz CT molecular complexity index is 881. The molecule has 1 N–H and O–H groups in total. The van der Waals surface area contributed by atoms with Gasteiger partial charge in [-0.05, 0) is 53.8 Å². The van der Waals surface area contributed by atoms with Crippen LogP contribution >= 0.6 is 11.3 Å². The van der Waals surface area contributed by atoms with Crippen molar-refractivity contribution in [3.63, 3.8) is 0 Å². The van der Waals surface area contributed by atoms with Gasteiger partial charge in [-0.25, -0.2) is 5.43 Å². The molecule has 0 bridgehead atoms. The maximum Gasteiger partial charge on any atom is 0.282 e. The predicted molar refractivity (Wildman–Crippen MR) is 103 cm³/mol. The van der Waals surface area contributed by atoms with E-state index in [9.17, 15) is 4.79 Å². The molecular formula is C20H18N2O2S. The highest BCUT2D eigenvalue weighted by molar-refractivity contribution is 7.12. The largest absolute Gasteiger partial charge is 0.497 e. The van der Waals surface area contributed by atoms with E-state index >= 15 is 0 Å². The van der Waals surface area contributed by atoms with Crippen molar-refractivity contribution in [3.05, 3.63) is 76.0 Å². The fourth-order valence-electron chi connectivity index (χ4n) is 2.35. The lowest BCUT2D eigenvalue weighted by Crippen LogP contribution is -2.17. The second-order valence-electron chi connectivity index (χ2n) is 5.50. The molecule has 4 nitrogen and oxygen atoms in total. The molecule has 126 valence electrons. The molecule has 0 saturated carbocycles. The van der Waals surface area contributed by atoms with Gasteiger partial charge in [0.1, 0.15) is 10.6 Å². The Morgan fingerprint density at radius 3 is 2.48 bits per heavy atom. The Labute approximate surface area is 150 Å². The minimum Gasteiger partial charge on any atom is -0.497 e. The molecule has 1 amide bonds. The van der Waals surface area contributed by atoms with Gasteiger partial charge in [0, 0.05) is 5.56 Å². The van der Waals surface area contributed by atoms with E-state index in [1.807, 2.05) is 66.9 Å². The quantitative estimate of drug-likeness (QED) is 0.544. The third-order valence-electron chi connectivity index (χ3n) is 3.73. The number of benzene rings is 2.